The Morgan fingerprint density at radius 3 is 2.75 bits per heavy atom. The molecule has 0 spiro atoms. The van der Waals surface area contributed by atoms with Gasteiger partial charge in [-0.15, -0.1) is 0 Å². The number of nitrogens with one attached hydrogen (secondary N) is 1. The van der Waals surface area contributed by atoms with Gasteiger partial charge >= 0.3 is 0 Å². The van der Waals surface area contributed by atoms with E-state index in [1.807, 2.05) is 37.3 Å². The number of hydrogen-bond acceptors (Lipinski definition) is 2. The largest absolute Gasteiger partial charge is 0.396 e. The summed E-state index contributed by atoms with van der Waals surface area (Å²) < 4.78 is 0. The minimum Gasteiger partial charge on any atom is -0.396 e. The summed E-state index contributed by atoms with van der Waals surface area (Å²) in [5.74, 6) is 0.0513. The number of carbonyl (C=O) groups is 1. The summed E-state index contributed by atoms with van der Waals surface area (Å²) in [7, 11) is 0. The predicted octanol–water partition coefficient (Wildman–Crippen LogP) is 1.64. The number of aliphatic hydroxyl groups is 1. The summed E-state index contributed by atoms with van der Waals surface area (Å²) in [6.45, 7) is 1.98. The second-order valence-corrected chi connectivity index (χ2v) is 4.68. The maximum atomic E-state index is 11.8. The molecule has 0 saturated carbocycles. The van der Waals surface area contributed by atoms with Crippen LogP contribution in [0.15, 0.2) is 30.3 Å². The maximum absolute atomic E-state index is 11.8. The van der Waals surface area contributed by atoms with E-state index in [0.29, 0.717) is 6.42 Å². The first-order valence-corrected chi connectivity index (χ1v) is 5.62. The summed E-state index contributed by atoms with van der Waals surface area (Å²) in [4.78, 5) is 11.8. The normalized spacial score (nSPS) is 29.1. The summed E-state index contributed by atoms with van der Waals surface area (Å²) in [6.07, 6.45) is 1.29. The second kappa shape index (κ2) is 4.26. The molecular formula is C13H17NO2. The third-order valence-electron chi connectivity index (χ3n) is 3.37. The average Bonchev–Trinajstić information content (AvgIpc) is 2.57. The van der Waals surface area contributed by atoms with Crippen molar-refractivity contribution in [2.45, 2.75) is 25.8 Å². The Morgan fingerprint density at radius 1 is 1.44 bits per heavy atom. The fourth-order valence-corrected chi connectivity index (χ4v) is 2.28. The van der Waals surface area contributed by atoms with E-state index in [-0.39, 0.29) is 18.6 Å². The molecule has 86 valence electrons. The van der Waals surface area contributed by atoms with Gasteiger partial charge in [-0.2, -0.15) is 0 Å². The molecule has 2 atom stereocenters. The summed E-state index contributed by atoms with van der Waals surface area (Å²) in [5, 5.41) is 12.0. The SMILES string of the molecule is C[C@]1(CCO)C[C@H](c2ccccc2)NC1=O. The second-order valence-electron chi connectivity index (χ2n) is 4.68. The molecule has 0 unspecified atom stereocenters. The van der Waals surface area contributed by atoms with Gasteiger partial charge in [0.2, 0.25) is 5.91 Å². The quantitative estimate of drug-likeness (QED) is 0.812. The van der Waals surface area contributed by atoms with Gasteiger partial charge in [-0.1, -0.05) is 37.3 Å². The summed E-state index contributed by atoms with van der Waals surface area (Å²) >= 11 is 0. The zero-order chi connectivity index (χ0) is 11.6. The molecule has 0 radical (unpaired) electrons. The van der Waals surface area contributed by atoms with Gasteiger partial charge in [-0.3, -0.25) is 4.79 Å². The lowest BCUT2D eigenvalue weighted by Crippen LogP contribution is -2.29. The molecule has 0 aliphatic carbocycles. The molecule has 1 aliphatic rings. The van der Waals surface area contributed by atoms with Gasteiger partial charge in [0.05, 0.1) is 11.5 Å². The molecule has 1 heterocycles. The van der Waals surface area contributed by atoms with Gasteiger partial charge in [0.25, 0.3) is 0 Å². The molecule has 1 aromatic carbocycles. The van der Waals surface area contributed by atoms with Crippen LogP contribution >= 0.6 is 0 Å². The highest BCUT2D eigenvalue weighted by Gasteiger charge is 2.42. The molecule has 1 saturated heterocycles. The molecule has 3 heteroatoms. The van der Waals surface area contributed by atoms with Gasteiger partial charge in [-0.05, 0) is 18.4 Å². The topological polar surface area (TPSA) is 49.3 Å². The van der Waals surface area contributed by atoms with E-state index in [1.165, 1.54) is 0 Å². The van der Waals surface area contributed by atoms with Crippen LogP contribution in [0.5, 0.6) is 0 Å². The molecule has 0 bridgehead atoms. The Balaban J connectivity index is 2.15. The van der Waals surface area contributed by atoms with Crippen molar-refractivity contribution < 1.29 is 9.90 Å². The Kier molecular flexibility index (Phi) is 2.97. The third kappa shape index (κ3) is 1.95. The van der Waals surface area contributed by atoms with E-state index in [0.717, 1.165) is 12.0 Å². The van der Waals surface area contributed by atoms with Gasteiger partial charge in [0.15, 0.2) is 0 Å². The Morgan fingerprint density at radius 2 is 2.12 bits per heavy atom. The molecule has 2 rings (SSSR count). The zero-order valence-electron chi connectivity index (χ0n) is 9.44. The van der Waals surface area contributed by atoms with Crippen LogP contribution in [0.4, 0.5) is 0 Å². The van der Waals surface area contributed by atoms with Crippen molar-refractivity contribution in [3.63, 3.8) is 0 Å². The van der Waals surface area contributed by atoms with Gasteiger partial charge < -0.3 is 10.4 Å². The lowest BCUT2D eigenvalue weighted by Gasteiger charge is -2.18. The third-order valence-corrected chi connectivity index (χ3v) is 3.37. The Hall–Kier alpha value is -1.35. The lowest BCUT2D eigenvalue weighted by atomic mass is 9.83. The molecule has 1 fully saturated rings. The van der Waals surface area contributed by atoms with E-state index in [9.17, 15) is 4.79 Å². The van der Waals surface area contributed by atoms with Crippen LogP contribution in [0, 0.1) is 5.41 Å². The van der Waals surface area contributed by atoms with Crippen molar-refractivity contribution in [2.24, 2.45) is 5.41 Å². The van der Waals surface area contributed by atoms with E-state index in [1.54, 1.807) is 0 Å². The van der Waals surface area contributed by atoms with Crippen molar-refractivity contribution in [2.75, 3.05) is 6.61 Å². The number of rotatable bonds is 3. The molecule has 1 aromatic rings. The number of amides is 1. The first kappa shape index (κ1) is 11.1. The molecular weight excluding hydrogens is 202 g/mol. The molecule has 2 N–H and O–H groups in total. The minimum atomic E-state index is -0.421. The highest BCUT2D eigenvalue weighted by atomic mass is 16.3. The average molecular weight is 219 g/mol. The molecule has 1 amide bonds. The van der Waals surface area contributed by atoms with E-state index >= 15 is 0 Å². The molecule has 3 nitrogen and oxygen atoms in total. The summed E-state index contributed by atoms with van der Waals surface area (Å²) in [6, 6.07) is 10.1. The van der Waals surface area contributed by atoms with Crippen molar-refractivity contribution >= 4 is 5.91 Å². The van der Waals surface area contributed by atoms with Crippen LogP contribution in [0.25, 0.3) is 0 Å². The van der Waals surface area contributed by atoms with Crippen LogP contribution in [-0.4, -0.2) is 17.6 Å². The number of benzene rings is 1. The first-order valence-electron chi connectivity index (χ1n) is 5.62. The van der Waals surface area contributed by atoms with Gasteiger partial charge in [-0.25, -0.2) is 0 Å². The number of hydrogen-bond donors (Lipinski definition) is 2. The monoisotopic (exact) mass is 219 g/mol. The van der Waals surface area contributed by atoms with Crippen LogP contribution in [0.2, 0.25) is 0 Å². The van der Waals surface area contributed by atoms with Crippen molar-refractivity contribution in [3.05, 3.63) is 35.9 Å². The van der Waals surface area contributed by atoms with Gasteiger partial charge in [0.1, 0.15) is 0 Å². The highest BCUT2D eigenvalue weighted by Crippen LogP contribution is 2.39. The zero-order valence-corrected chi connectivity index (χ0v) is 9.44. The van der Waals surface area contributed by atoms with Crippen molar-refractivity contribution in [1.29, 1.82) is 0 Å². The van der Waals surface area contributed by atoms with Crippen LogP contribution in [0.3, 0.4) is 0 Å². The highest BCUT2D eigenvalue weighted by molar-refractivity contribution is 5.85. The fourth-order valence-electron chi connectivity index (χ4n) is 2.28. The van der Waals surface area contributed by atoms with Crippen molar-refractivity contribution in [1.82, 2.24) is 5.32 Å². The number of carbonyl (C=O) groups excluding carboxylic acids is 1. The van der Waals surface area contributed by atoms with Gasteiger partial charge in [0, 0.05) is 6.61 Å². The lowest BCUT2D eigenvalue weighted by molar-refractivity contribution is -0.127. The van der Waals surface area contributed by atoms with Crippen LogP contribution in [-0.2, 0) is 4.79 Å². The Labute approximate surface area is 95.5 Å². The molecule has 0 aromatic heterocycles. The summed E-state index contributed by atoms with van der Waals surface area (Å²) in [5.41, 5.74) is 0.715. The van der Waals surface area contributed by atoms with E-state index < -0.39 is 5.41 Å². The van der Waals surface area contributed by atoms with Crippen LogP contribution in [0.1, 0.15) is 31.4 Å². The standard InChI is InChI=1S/C13H17NO2/c1-13(7-8-15)9-11(14-12(13)16)10-5-3-2-4-6-10/h2-6,11,15H,7-9H2,1H3,(H,14,16)/t11-,13+/m1/s1. The van der Waals surface area contributed by atoms with Crippen LogP contribution < -0.4 is 5.32 Å². The molecule has 16 heavy (non-hydrogen) atoms. The fraction of sp³-hybridized carbons (Fsp3) is 0.462. The number of aliphatic hydroxyl groups excluding tert-OH is 1. The first-order chi connectivity index (χ1) is 7.65. The predicted molar refractivity (Wildman–Crippen MR) is 61.8 cm³/mol. The molecule has 1 aliphatic heterocycles. The smallest absolute Gasteiger partial charge is 0.226 e. The maximum Gasteiger partial charge on any atom is 0.226 e. The Bertz CT molecular complexity index is 377. The minimum absolute atomic E-state index is 0.0513. The van der Waals surface area contributed by atoms with E-state index in [2.05, 4.69) is 5.32 Å². The van der Waals surface area contributed by atoms with E-state index in [4.69, 9.17) is 5.11 Å². The van der Waals surface area contributed by atoms with Crippen molar-refractivity contribution in [3.8, 4) is 0 Å².